The van der Waals surface area contributed by atoms with E-state index >= 15 is 0 Å². The van der Waals surface area contributed by atoms with Gasteiger partial charge in [0.1, 0.15) is 10.9 Å². The summed E-state index contributed by atoms with van der Waals surface area (Å²) in [6, 6.07) is 1.59. The van der Waals surface area contributed by atoms with Crippen molar-refractivity contribution in [3.63, 3.8) is 0 Å². The summed E-state index contributed by atoms with van der Waals surface area (Å²) in [5.74, 6) is -2.02. The van der Waals surface area contributed by atoms with E-state index in [1.165, 1.54) is 18.4 Å². The highest BCUT2D eigenvalue weighted by Crippen LogP contribution is 2.36. The van der Waals surface area contributed by atoms with Crippen LogP contribution >= 0.6 is 11.3 Å². The second kappa shape index (κ2) is 6.08. The zero-order valence-corrected chi connectivity index (χ0v) is 13.9. The lowest BCUT2D eigenvalue weighted by Gasteiger charge is -2.29. The zero-order chi connectivity index (χ0) is 16.5. The highest BCUT2D eigenvalue weighted by molar-refractivity contribution is 7.14. The predicted octanol–water partition coefficient (Wildman–Crippen LogP) is 1.88. The van der Waals surface area contributed by atoms with E-state index in [1.807, 2.05) is 20.8 Å². The third-order valence-corrected chi connectivity index (χ3v) is 4.71. The van der Waals surface area contributed by atoms with Crippen LogP contribution in [-0.2, 0) is 14.3 Å². The topological polar surface area (TPSA) is 84.5 Å². The fourth-order valence-corrected chi connectivity index (χ4v) is 3.37. The van der Waals surface area contributed by atoms with Crippen molar-refractivity contribution in [3.8, 4) is 0 Å². The van der Waals surface area contributed by atoms with Gasteiger partial charge < -0.3 is 15.4 Å². The lowest BCUT2D eigenvalue weighted by Crippen LogP contribution is -2.37. The predicted molar refractivity (Wildman–Crippen MR) is 83.7 cm³/mol. The Kier molecular flexibility index (Phi) is 4.55. The number of anilines is 1. The third kappa shape index (κ3) is 3.14. The van der Waals surface area contributed by atoms with E-state index in [4.69, 9.17) is 0 Å². The number of hydrogen-bond acceptors (Lipinski definition) is 5. The van der Waals surface area contributed by atoms with Crippen molar-refractivity contribution in [2.75, 3.05) is 19.0 Å². The van der Waals surface area contributed by atoms with Crippen molar-refractivity contribution in [2.24, 2.45) is 17.3 Å². The number of methoxy groups -OCH3 is 1. The van der Waals surface area contributed by atoms with Crippen LogP contribution in [-0.4, -0.2) is 31.4 Å². The Hall–Kier alpha value is -1.89. The van der Waals surface area contributed by atoms with Crippen LogP contribution in [0.25, 0.3) is 0 Å². The van der Waals surface area contributed by atoms with Gasteiger partial charge in [0.05, 0.1) is 12.7 Å². The van der Waals surface area contributed by atoms with Gasteiger partial charge in [-0.3, -0.25) is 9.59 Å². The molecule has 2 N–H and O–H groups in total. The average Bonchev–Trinajstić information content (AvgIpc) is 3.03. The number of carbonyl (C=O) groups excluding carboxylic acids is 3. The molecule has 0 bridgehead atoms. The molecule has 2 heterocycles. The summed E-state index contributed by atoms with van der Waals surface area (Å²) < 4.78 is 4.68. The average molecular weight is 324 g/mol. The van der Waals surface area contributed by atoms with Crippen LogP contribution in [0, 0.1) is 17.3 Å². The Balaban J connectivity index is 2.20. The molecule has 1 aliphatic heterocycles. The lowest BCUT2D eigenvalue weighted by atomic mass is 9.74. The summed E-state index contributed by atoms with van der Waals surface area (Å²) in [4.78, 5) is 36.2. The molecule has 1 aromatic rings. The van der Waals surface area contributed by atoms with Crippen LogP contribution in [0.3, 0.4) is 0 Å². The van der Waals surface area contributed by atoms with Crippen molar-refractivity contribution in [2.45, 2.75) is 20.8 Å². The van der Waals surface area contributed by atoms with Crippen LogP contribution in [0.5, 0.6) is 0 Å². The Bertz CT molecular complexity index is 603. The summed E-state index contributed by atoms with van der Waals surface area (Å²) in [6.45, 7) is 6.49. The van der Waals surface area contributed by atoms with Gasteiger partial charge in [0.2, 0.25) is 11.8 Å². The molecule has 1 fully saturated rings. The molecular formula is C15H20N2O4S. The van der Waals surface area contributed by atoms with Crippen LogP contribution in [0.4, 0.5) is 5.00 Å². The molecule has 120 valence electrons. The first-order valence-electron chi connectivity index (χ1n) is 7.00. The molecule has 2 amide bonds. The van der Waals surface area contributed by atoms with E-state index in [1.54, 1.807) is 11.4 Å². The number of hydrogen-bond donors (Lipinski definition) is 2. The van der Waals surface area contributed by atoms with Gasteiger partial charge in [0.25, 0.3) is 0 Å². The maximum absolute atomic E-state index is 12.5. The molecule has 0 aliphatic carbocycles. The first-order valence-corrected chi connectivity index (χ1v) is 7.88. The molecule has 1 aromatic heterocycles. The third-order valence-electron chi connectivity index (χ3n) is 3.88. The van der Waals surface area contributed by atoms with Gasteiger partial charge in [-0.15, -0.1) is 11.3 Å². The molecule has 7 heteroatoms. The van der Waals surface area contributed by atoms with Gasteiger partial charge in [-0.25, -0.2) is 4.79 Å². The second-order valence-electron chi connectivity index (χ2n) is 6.34. The molecule has 0 aromatic carbocycles. The quantitative estimate of drug-likeness (QED) is 0.657. The van der Waals surface area contributed by atoms with Crippen LogP contribution in [0.1, 0.15) is 31.1 Å². The standard InChI is InChI=1S/C15H20N2O4S/c1-15(2,3)9-7-16-11(18)10(9)12(19)17-13-8(5-6-22-13)14(20)21-4/h5-6,9-10H,7H2,1-4H3,(H,16,18)(H,17,19)/t9-,10-/m0/s1. The van der Waals surface area contributed by atoms with Crippen molar-refractivity contribution in [3.05, 3.63) is 17.0 Å². The van der Waals surface area contributed by atoms with Crippen molar-refractivity contribution >= 4 is 34.1 Å². The summed E-state index contributed by atoms with van der Waals surface area (Å²) in [6.07, 6.45) is 0. The normalized spacial score (nSPS) is 21.4. The summed E-state index contributed by atoms with van der Waals surface area (Å²) in [5, 5.41) is 7.54. The fraction of sp³-hybridized carbons (Fsp3) is 0.533. The summed E-state index contributed by atoms with van der Waals surface area (Å²) >= 11 is 1.23. The van der Waals surface area contributed by atoms with E-state index < -0.39 is 11.9 Å². The maximum Gasteiger partial charge on any atom is 0.340 e. The van der Waals surface area contributed by atoms with E-state index in [9.17, 15) is 14.4 Å². The smallest absolute Gasteiger partial charge is 0.340 e. The van der Waals surface area contributed by atoms with Crippen LogP contribution in [0.2, 0.25) is 0 Å². The molecule has 1 aliphatic rings. The Labute approximate surface area is 133 Å². The fourth-order valence-electron chi connectivity index (χ4n) is 2.60. The first kappa shape index (κ1) is 16.5. The number of carbonyl (C=O) groups is 3. The molecule has 0 unspecified atom stereocenters. The van der Waals surface area contributed by atoms with E-state index in [-0.39, 0.29) is 23.1 Å². The Morgan fingerprint density at radius 2 is 2.09 bits per heavy atom. The van der Waals surface area contributed by atoms with Crippen molar-refractivity contribution in [1.82, 2.24) is 5.32 Å². The van der Waals surface area contributed by atoms with Gasteiger partial charge >= 0.3 is 5.97 Å². The van der Waals surface area contributed by atoms with E-state index in [0.29, 0.717) is 17.1 Å². The molecule has 2 rings (SSSR count). The number of nitrogens with one attached hydrogen (secondary N) is 2. The molecule has 0 spiro atoms. The maximum atomic E-state index is 12.5. The summed E-state index contributed by atoms with van der Waals surface area (Å²) in [7, 11) is 1.28. The minimum absolute atomic E-state index is 0.0958. The highest BCUT2D eigenvalue weighted by atomic mass is 32.1. The number of rotatable bonds is 3. The molecule has 2 atom stereocenters. The first-order chi connectivity index (χ1) is 10.3. The van der Waals surface area contributed by atoms with E-state index in [0.717, 1.165) is 0 Å². The Morgan fingerprint density at radius 1 is 1.41 bits per heavy atom. The van der Waals surface area contributed by atoms with Gasteiger partial charge in [-0.1, -0.05) is 20.8 Å². The molecule has 0 radical (unpaired) electrons. The summed E-state index contributed by atoms with van der Waals surface area (Å²) in [5.41, 5.74) is 0.119. The van der Waals surface area contributed by atoms with Crippen molar-refractivity contribution in [1.29, 1.82) is 0 Å². The number of ether oxygens (including phenoxy) is 1. The SMILES string of the molecule is COC(=O)c1ccsc1NC(=O)[C@@H]1C(=O)NC[C@@H]1C(C)(C)C. The van der Waals surface area contributed by atoms with Crippen LogP contribution in [0.15, 0.2) is 11.4 Å². The molecule has 0 saturated carbocycles. The minimum atomic E-state index is -0.757. The number of thiophene rings is 1. The number of amides is 2. The minimum Gasteiger partial charge on any atom is -0.465 e. The van der Waals surface area contributed by atoms with Gasteiger partial charge in [-0.2, -0.15) is 0 Å². The Morgan fingerprint density at radius 3 is 2.68 bits per heavy atom. The largest absolute Gasteiger partial charge is 0.465 e. The monoisotopic (exact) mass is 324 g/mol. The molecular weight excluding hydrogens is 304 g/mol. The van der Waals surface area contributed by atoms with Crippen molar-refractivity contribution < 1.29 is 19.1 Å². The van der Waals surface area contributed by atoms with Gasteiger partial charge in [-0.05, 0) is 16.9 Å². The molecule has 1 saturated heterocycles. The van der Waals surface area contributed by atoms with Crippen LogP contribution < -0.4 is 10.6 Å². The molecule has 6 nitrogen and oxygen atoms in total. The molecule has 22 heavy (non-hydrogen) atoms. The highest BCUT2D eigenvalue weighted by Gasteiger charge is 2.45. The van der Waals surface area contributed by atoms with E-state index in [2.05, 4.69) is 15.4 Å². The number of esters is 1. The van der Waals surface area contributed by atoms with Gasteiger partial charge in [0, 0.05) is 12.5 Å². The lowest BCUT2D eigenvalue weighted by molar-refractivity contribution is -0.132. The zero-order valence-electron chi connectivity index (χ0n) is 13.1. The second-order valence-corrected chi connectivity index (χ2v) is 7.26. The van der Waals surface area contributed by atoms with Gasteiger partial charge in [0.15, 0.2) is 0 Å².